The van der Waals surface area contributed by atoms with Crippen molar-refractivity contribution >= 4 is 5.91 Å². The second kappa shape index (κ2) is 6.40. The Morgan fingerprint density at radius 2 is 2.11 bits per heavy atom. The first-order chi connectivity index (χ1) is 9.22. The molecule has 1 aliphatic rings. The van der Waals surface area contributed by atoms with Crippen LogP contribution in [0.15, 0.2) is 18.2 Å². The fourth-order valence-corrected chi connectivity index (χ4v) is 2.24. The van der Waals surface area contributed by atoms with Gasteiger partial charge in [-0.05, 0) is 37.5 Å². The summed E-state index contributed by atoms with van der Waals surface area (Å²) in [5.74, 6) is 5.97. The van der Waals surface area contributed by atoms with Crippen LogP contribution < -0.4 is 0 Å². The van der Waals surface area contributed by atoms with Crippen LogP contribution in [0.1, 0.15) is 40.7 Å². The van der Waals surface area contributed by atoms with E-state index < -0.39 is 0 Å². The highest BCUT2D eigenvalue weighted by molar-refractivity contribution is 5.96. The van der Waals surface area contributed by atoms with Gasteiger partial charge in [0.2, 0.25) is 0 Å². The van der Waals surface area contributed by atoms with Crippen LogP contribution in [-0.4, -0.2) is 35.6 Å². The van der Waals surface area contributed by atoms with Gasteiger partial charge in [0.25, 0.3) is 5.91 Å². The van der Waals surface area contributed by atoms with E-state index >= 15 is 0 Å². The van der Waals surface area contributed by atoms with E-state index in [0.717, 1.165) is 42.6 Å². The normalized spacial score (nSPS) is 14.1. The van der Waals surface area contributed by atoms with Crippen molar-refractivity contribution in [1.82, 2.24) is 4.90 Å². The van der Waals surface area contributed by atoms with Crippen LogP contribution in [0.25, 0.3) is 0 Å². The first-order valence-corrected chi connectivity index (χ1v) is 6.72. The molecule has 0 unspecified atom stereocenters. The van der Waals surface area contributed by atoms with Crippen LogP contribution in [0.4, 0.5) is 0 Å². The Kier molecular flexibility index (Phi) is 4.59. The zero-order chi connectivity index (χ0) is 13.7. The van der Waals surface area contributed by atoms with Gasteiger partial charge in [-0.25, -0.2) is 0 Å². The number of carbonyl (C=O) groups is 1. The molecule has 3 nitrogen and oxygen atoms in total. The molecule has 1 aliphatic heterocycles. The highest BCUT2D eigenvalue weighted by Crippen LogP contribution is 2.17. The van der Waals surface area contributed by atoms with E-state index in [1.807, 2.05) is 30.0 Å². The number of benzene rings is 1. The summed E-state index contributed by atoms with van der Waals surface area (Å²) in [6.07, 6.45) is 2.66. The lowest BCUT2D eigenvalue weighted by molar-refractivity contribution is 0.0792. The van der Waals surface area contributed by atoms with Crippen LogP contribution in [0.3, 0.4) is 0 Å². The molecule has 2 rings (SSSR count). The standard InChI is InChI=1S/C16H19NO2/c1-13-7-8-14(6-2-5-11-18)12-15(13)16(19)17-9-3-4-10-17/h7-8,12,18H,3-5,9-11H2,1H3. The zero-order valence-corrected chi connectivity index (χ0v) is 11.3. The number of nitrogens with zero attached hydrogens (tertiary/aromatic N) is 1. The fourth-order valence-electron chi connectivity index (χ4n) is 2.24. The maximum absolute atomic E-state index is 12.4. The number of hydrogen-bond acceptors (Lipinski definition) is 2. The molecule has 1 aromatic carbocycles. The van der Waals surface area contributed by atoms with Gasteiger partial charge in [-0.2, -0.15) is 0 Å². The summed E-state index contributed by atoms with van der Waals surface area (Å²) in [6.45, 7) is 3.74. The molecule has 1 amide bonds. The van der Waals surface area contributed by atoms with Gasteiger partial charge in [-0.15, -0.1) is 0 Å². The molecule has 100 valence electrons. The van der Waals surface area contributed by atoms with Crippen molar-refractivity contribution in [1.29, 1.82) is 0 Å². The minimum absolute atomic E-state index is 0.0679. The van der Waals surface area contributed by atoms with Gasteiger partial charge >= 0.3 is 0 Å². The molecule has 19 heavy (non-hydrogen) atoms. The molecule has 1 aromatic rings. The summed E-state index contributed by atoms with van der Waals surface area (Å²) in [4.78, 5) is 14.3. The molecule has 1 saturated heterocycles. The number of amides is 1. The molecule has 0 saturated carbocycles. The Morgan fingerprint density at radius 1 is 1.37 bits per heavy atom. The van der Waals surface area contributed by atoms with Gasteiger partial charge in [0.15, 0.2) is 0 Å². The van der Waals surface area contributed by atoms with Crippen molar-refractivity contribution in [2.45, 2.75) is 26.2 Å². The summed E-state index contributed by atoms with van der Waals surface area (Å²) in [6, 6.07) is 5.72. The molecule has 3 heteroatoms. The highest BCUT2D eigenvalue weighted by Gasteiger charge is 2.20. The van der Waals surface area contributed by atoms with Crippen LogP contribution >= 0.6 is 0 Å². The summed E-state index contributed by atoms with van der Waals surface area (Å²) in [5.41, 5.74) is 2.57. The molecule has 0 atom stereocenters. The fraction of sp³-hybridized carbons (Fsp3) is 0.438. The Morgan fingerprint density at radius 3 is 2.79 bits per heavy atom. The van der Waals surface area contributed by atoms with E-state index in [0.29, 0.717) is 6.42 Å². The number of aryl methyl sites for hydroxylation is 1. The summed E-state index contributed by atoms with van der Waals surface area (Å²) < 4.78 is 0. The number of hydrogen-bond donors (Lipinski definition) is 1. The predicted molar refractivity (Wildman–Crippen MR) is 74.9 cm³/mol. The van der Waals surface area contributed by atoms with E-state index in [9.17, 15) is 4.79 Å². The maximum atomic E-state index is 12.4. The van der Waals surface area contributed by atoms with Gasteiger partial charge in [0, 0.05) is 30.6 Å². The lowest BCUT2D eigenvalue weighted by Gasteiger charge is -2.16. The number of likely N-dealkylation sites (tertiary alicyclic amines) is 1. The number of aliphatic hydroxyl groups is 1. The summed E-state index contributed by atoms with van der Waals surface area (Å²) in [5, 5.41) is 8.71. The van der Waals surface area contributed by atoms with Crippen molar-refractivity contribution in [3.8, 4) is 11.8 Å². The number of rotatable bonds is 2. The lowest BCUT2D eigenvalue weighted by atomic mass is 10.0. The predicted octanol–water partition coefficient (Wildman–Crippen LogP) is 1.96. The third kappa shape index (κ3) is 3.36. The van der Waals surface area contributed by atoms with Gasteiger partial charge in [0.1, 0.15) is 0 Å². The van der Waals surface area contributed by atoms with E-state index in [1.54, 1.807) is 0 Å². The molecule has 0 radical (unpaired) electrons. The Labute approximate surface area is 114 Å². The Bertz CT molecular complexity index is 519. The summed E-state index contributed by atoms with van der Waals surface area (Å²) >= 11 is 0. The average molecular weight is 257 g/mol. The van der Waals surface area contributed by atoms with Gasteiger partial charge in [0.05, 0.1) is 6.61 Å². The topological polar surface area (TPSA) is 40.5 Å². The Balaban J connectivity index is 2.22. The zero-order valence-electron chi connectivity index (χ0n) is 11.3. The third-order valence-corrected chi connectivity index (χ3v) is 3.33. The molecule has 1 N–H and O–H groups in total. The lowest BCUT2D eigenvalue weighted by Crippen LogP contribution is -2.28. The third-order valence-electron chi connectivity index (χ3n) is 3.33. The van der Waals surface area contributed by atoms with E-state index in [2.05, 4.69) is 11.8 Å². The largest absolute Gasteiger partial charge is 0.395 e. The SMILES string of the molecule is Cc1ccc(C#CCCO)cc1C(=O)N1CCCC1. The van der Waals surface area contributed by atoms with Crippen molar-refractivity contribution < 1.29 is 9.90 Å². The van der Waals surface area contributed by atoms with Gasteiger partial charge in [-0.3, -0.25) is 4.79 Å². The Hall–Kier alpha value is -1.79. The first-order valence-electron chi connectivity index (χ1n) is 6.72. The van der Waals surface area contributed by atoms with E-state index in [-0.39, 0.29) is 12.5 Å². The molecule has 0 aromatic heterocycles. The maximum Gasteiger partial charge on any atom is 0.254 e. The molecule has 1 heterocycles. The second-order valence-electron chi connectivity index (χ2n) is 4.80. The number of aliphatic hydroxyl groups excluding tert-OH is 1. The molecular formula is C16H19NO2. The van der Waals surface area contributed by atoms with Crippen LogP contribution in [-0.2, 0) is 0 Å². The van der Waals surface area contributed by atoms with Gasteiger partial charge in [-0.1, -0.05) is 17.9 Å². The van der Waals surface area contributed by atoms with Crippen molar-refractivity contribution in [3.63, 3.8) is 0 Å². The summed E-state index contributed by atoms with van der Waals surface area (Å²) in [7, 11) is 0. The number of carbonyl (C=O) groups excluding carboxylic acids is 1. The second-order valence-corrected chi connectivity index (χ2v) is 4.80. The molecule has 0 spiro atoms. The molecule has 0 aliphatic carbocycles. The first kappa shape index (κ1) is 13.6. The molecular weight excluding hydrogens is 238 g/mol. The quantitative estimate of drug-likeness (QED) is 0.823. The van der Waals surface area contributed by atoms with Crippen LogP contribution in [0, 0.1) is 18.8 Å². The van der Waals surface area contributed by atoms with Crippen molar-refractivity contribution in [2.75, 3.05) is 19.7 Å². The van der Waals surface area contributed by atoms with Crippen LogP contribution in [0.5, 0.6) is 0 Å². The van der Waals surface area contributed by atoms with E-state index in [4.69, 9.17) is 5.11 Å². The van der Waals surface area contributed by atoms with Gasteiger partial charge < -0.3 is 10.0 Å². The minimum atomic E-state index is 0.0679. The van der Waals surface area contributed by atoms with Crippen molar-refractivity contribution in [3.05, 3.63) is 34.9 Å². The smallest absolute Gasteiger partial charge is 0.254 e. The van der Waals surface area contributed by atoms with Crippen molar-refractivity contribution in [2.24, 2.45) is 0 Å². The minimum Gasteiger partial charge on any atom is -0.395 e. The van der Waals surface area contributed by atoms with Crippen LogP contribution in [0.2, 0.25) is 0 Å². The monoisotopic (exact) mass is 257 g/mol. The average Bonchev–Trinajstić information content (AvgIpc) is 2.94. The molecule has 0 bridgehead atoms. The van der Waals surface area contributed by atoms with E-state index in [1.165, 1.54) is 0 Å². The molecule has 1 fully saturated rings. The highest BCUT2D eigenvalue weighted by atomic mass is 16.2.